The molecular weight excluding hydrogens is 295 g/mol. The van der Waals surface area contributed by atoms with Crippen LogP contribution in [0, 0.1) is 0 Å². The molecule has 17 heavy (non-hydrogen) atoms. The molecule has 0 aliphatic heterocycles. The molecule has 0 spiro atoms. The molecule has 0 saturated heterocycles. The number of hydrogen-bond acceptors (Lipinski definition) is 1. The predicted octanol–water partition coefficient (Wildman–Crippen LogP) is 2.17. The van der Waals surface area contributed by atoms with Crippen LogP contribution in [0.5, 0.6) is 0 Å². The standard InChI is InChI=1S/C14H14OSSe/c1-12(17-14-10-6-3-7-11-14)16(15)13-8-4-2-5-9-13/h2-12H,1H3. The van der Waals surface area contributed by atoms with Gasteiger partial charge < -0.3 is 0 Å². The maximum absolute atomic E-state index is 12.3. The molecule has 0 N–H and O–H groups in total. The second-order valence-electron chi connectivity index (χ2n) is 3.61. The van der Waals surface area contributed by atoms with Crippen LogP contribution in [0.2, 0.25) is 0 Å². The van der Waals surface area contributed by atoms with Crippen molar-refractivity contribution < 1.29 is 4.21 Å². The first-order valence-electron chi connectivity index (χ1n) is 5.45. The SMILES string of the molecule is CC([Se]c1ccccc1)S(=O)c1ccccc1. The summed E-state index contributed by atoms with van der Waals surface area (Å²) in [5.41, 5.74) is 0. The molecule has 0 saturated carbocycles. The van der Waals surface area contributed by atoms with Gasteiger partial charge in [0.15, 0.2) is 0 Å². The third-order valence-electron chi connectivity index (χ3n) is 2.32. The Morgan fingerprint density at radius 3 is 2.06 bits per heavy atom. The Balaban J connectivity index is 2.06. The minimum atomic E-state index is -0.901. The Morgan fingerprint density at radius 1 is 0.941 bits per heavy atom. The van der Waals surface area contributed by atoms with Gasteiger partial charge in [0.2, 0.25) is 0 Å². The summed E-state index contributed by atoms with van der Waals surface area (Å²) in [5, 5.41) is 0. The summed E-state index contributed by atoms with van der Waals surface area (Å²) in [5.74, 6) is 0. The average Bonchev–Trinajstić information content (AvgIpc) is 2.40. The van der Waals surface area contributed by atoms with E-state index in [0.29, 0.717) is 0 Å². The van der Waals surface area contributed by atoms with Crippen LogP contribution in [0.3, 0.4) is 0 Å². The van der Waals surface area contributed by atoms with Crippen molar-refractivity contribution in [1.29, 1.82) is 0 Å². The first-order valence-corrected chi connectivity index (χ1v) is 8.50. The third-order valence-corrected chi connectivity index (χ3v) is 7.10. The molecule has 0 radical (unpaired) electrons. The summed E-state index contributed by atoms with van der Waals surface area (Å²) in [6, 6.07) is 20.0. The van der Waals surface area contributed by atoms with Crippen molar-refractivity contribution in [1.82, 2.24) is 0 Å². The maximum atomic E-state index is 12.3. The van der Waals surface area contributed by atoms with E-state index in [2.05, 4.69) is 19.1 Å². The molecule has 2 aromatic carbocycles. The zero-order valence-electron chi connectivity index (χ0n) is 9.58. The molecule has 0 aromatic heterocycles. The summed E-state index contributed by atoms with van der Waals surface area (Å²) in [7, 11) is -0.901. The summed E-state index contributed by atoms with van der Waals surface area (Å²) in [4.78, 5) is 0.929. The van der Waals surface area contributed by atoms with Crippen molar-refractivity contribution in [3.63, 3.8) is 0 Å². The van der Waals surface area contributed by atoms with Gasteiger partial charge in [0, 0.05) is 0 Å². The fraction of sp³-hybridized carbons (Fsp3) is 0.143. The van der Waals surface area contributed by atoms with Crippen molar-refractivity contribution >= 4 is 30.2 Å². The van der Waals surface area contributed by atoms with Crippen molar-refractivity contribution in [2.24, 2.45) is 0 Å². The van der Waals surface area contributed by atoms with E-state index < -0.39 is 10.8 Å². The normalized spacial score (nSPS) is 14.2. The van der Waals surface area contributed by atoms with Crippen LogP contribution in [-0.4, -0.2) is 23.3 Å². The van der Waals surface area contributed by atoms with E-state index >= 15 is 0 Å². The molecule has 1 nitrogen and oxygen atoms in total. The van der Waals surface area contributed by atoms with Crippen molar-refractivity contribution in [3.05, 3.63) is 60.7 Å². The van der Waals surface area contributed by atoms with Crippen molar-refractivity contribution in [2.75, 3.05) is 0 Å². The number of hydrogen-bond donors (Lipinski definition) is 0. The van der Waals surface area contributed by atoms with Gasteiger partial charge in [-0.3, -0.25) is 0 Å². The van der Waals surface area contributed by atoms with E-state index in [0.717, 1.165) is 4.90 Å². The van der Waals surface area contributed by atoms with Gasteiger partial charge in [0.1, 0.15) is 0 Å². The van der Waals surface area contributed by atoms with Gasteiger partial charge in [-0.1, -0.05) is 0 Å². The van der Waals surface area contributed by atoms with E-state index in [1.54, 1.807) is 0 Å². The van der Waals surface area contributed by atoms with Crippen molar-refractivity contribution in [3.8, 4) is 0 Å². The van der Waals surface area contributed by atoms with E-state index in [4.69, 9.17) is 0 Å². The van der Waals surface area contributed by atoms with Crippen LogP contribution in [0.1, 0.15) is 6.92 Å². The van der Waals surface area contributed by atoms with E-state index in [9.17, 15) is 4.21 Å². The molecule has 3 heteroatoms. The summed E-state index contributed by atoms with van der Waals surface area (Å²) in [6.45, 7) is 2.07. The zero-order chi connectivity index (χ0) is 12.1. The molecule has 0 amide bonds. The van der Waals surface area contributed by atoms with E-state index in [1.165, 1.54) is 4.46 Å². The quantitative estimate of drug-likeness (QED) is 0.791. The molecule has 0 heterocycles. The van der Waals surface area contributed by atoms with Crippen LogP contribution >= 0.6 is 0 Å². The van der Waals surface area contributed by atoms with Gasteiger partial charge in [-0.05, 0) is 0 Å². The van der Waals surface area contributed by atoms with Crippen LogP contribution in [-0.2, 0) is 10.8 Å². The topological polar surface area (TPSA) is 17.1 Å². The molecule has 0 fully saturated rings. The second kappa shape index (κ2) is 6.15. The first-order chi connectivity index (χ1) is 8.27. The fourth-order valence-electron chi connectivity index (χ4n) is 1.48. The van der Waals surface area contributed by atoms with Gasteiger partial charge in [-0.2, -0.15) is 0 Å². The van der Waals surface area contributed by atoms with Gasteiger partial charge in [-0.25, -0.2) is 0 Å². The molecule has 2 atom stereocenters. The van der Waals surface area contributed by atoms with Crippen LogP contribution < -0.4 is 4.46 Å². The minimum absolute atomic E-state index is 0.201. The first kappa shape index (κ1) is 12.6. The summed E-state index contributed by atoms with van der Waals surface area (Å²) < 4.78 is 13.8. The van der Waals surface area contributed by atoms with Gasteiger partial charge in [-0.15, -0.1) is 0 Å². The van der Waals surface area contributed by atoms with Crippen LogP contribution in [0.4, 0.5) is 0 Å². The summed E-state index contributed by atoms with van der Waals surface area (Å²) >= 11 is 0.252. The van der Waals surface area contributed by atoms with Crippen molar-refractivity contribution in [2.45, 2.75) is 16.0 Å². The monoisotopic (exact) mass is 310 g/mol. The molecule has 2 rings (SSSR count). The fourth-order valence-corrected chi connectivity index (χ4v) is 5.67. The van der Waals surface area contributed by atoms with Crippen LogP contribution in [0.15, 0.2) is 65.6 Å². The molecular formula is C14H14OSSe. The van der Waals surface area contributed by atoms with Gasteiger partial charge in [0.25, 0.3) is 0 Å². The van der Waals surface area contributed by atoms with Crippen LogP contribution in [0.25, 0.3) is 0 Å². The Labute approximate surface area is 111 Å². The second-order valence-corrected chi connectivity index (χ2v) is 9.02. The molecule has 0 bridgehead atoms. The third kappa shape index (κ3) is 3.53. The van der Waals surface area contributed by atoms with E-state index in [-0.39, 0.29) is 19.1 Å². The van der Waals surface area contributed by atoms with Gasteiger partial charge in [0.05, 0.1) is 0 Å². The molecule has 0 aliphatic carbocycles. The molecule has 2 aromatic rings. The Hall–Kier alpha value is -0.891. The average molecular weight is 309 g/mol. The van der Waals surface area contributed by atoms with E-state index in [1.807, 2.05) is 48.5 Å². The Morgan fingerprint density at radius 2 is 1.47 bits per heavy atom. The zero-order valence-corrected chi connectivity index (χ0v) is 12.1. The molecule has 2 unspecified atom stereocenters. The predicted molar refractivity (Wildman–Crippen MR) is 74.1 cm³/mol. The molecule has 0 aliphatic rings. The van der Waals surface area contributed by atoms with Gasteiger partial charge >= 0.3 is 111 Å². The number of rotatable bonds is 4. The Kier molecular flexibility index (Phi) is 4.55. The number of benzene rings is 2. The molecule has 88 valence electrons. The summed E-state index contributed by atoms with van der Waals surface area (Å²) in [6.07, 6.45) is 0. The Bertz CT molecular complexity index is 484.